The first-order valence-corrected chi connectivity index (χ1v) is 6.57. The van der Waals surface area contributed by atoms with Crippen LogP contribution in [0.3, 0.4) is 0 Å². The molecule has 0 bridgehead atoms. The van der Waals surface area contributed by atoms with Gasteiger partial charge in [-0.25, -0.2) is 4.98 Å². The number of benzene rings is 1. The van der Waals surface area contributed by atoms with Crippen molar-refractivity contribution in [1.82, 2.24) is 9.97 Å². The highest BCUT2D eigenvalue weighted by molar-refractivity contribution is 7.99. The van der Waals surface area contributed by atoms with Gasteiger partial charge >= 0.3 is 0 Å². The van der Waals surface area contributed by atoms with E-state index >= 15 is 0 Å². The maximum Gasteiger partial charge on any atom is 0.299 e. The lowest BCUT2D eigenvalue weighted by molar-refractivity contribution is -0.114. The fraction of sp³-hybridized carbons (Fsp3) is 0.0769. The first-order chi connectivity index (χ1) is 9.56. The summed E-state index contributed by atoms with van der Waals surface area (Å²) in [6.07, 6.45) is 1.42. The van der Waals surface area contributed by atoms with Gasteiger partial charge in [0.25, 0.3) is 17.2 Å². The summed E-state index contributed by atoms with van der Waals surface area (Å²) in [6, 6.07) is 6.40. The summed E-state index contributed by atoms with van der Waals surface area (Å²) in [6.45, 7) is 0. The molecule has 100 valence electrons. The maximum atomic E-state index is 11.7. The van der Waals surface area contributed by atoms with E-state index in [2.05, 4.69) is 9.97 Å². The minimum atomic E-state index is -0.534. The highest BCUT2D eigenvalue weighted by Gasteiger charge is 2.33. The highest BCUT2D eigenvalue weighted by atomic mass is 32.2. The Morgan fingerprint density at radius 2 is 2.00 bits per heavy atom. The van der Waals surface area contributed by atoms with E-state index < -0.39 is 11.7 Å². The molecule has 6 nitrogen and oxygen atoms in total. The number of hydrogen-bond acceptors (Lipinski definition) is 5. The number of hydrogen-bond donors (Lipinski definition) is 1. The fourth-order valence-electron chi connectivity index (χ4n) is 1.94. The molecule has 1 aromatic carbocycles. The number of aromatic amines is 1. The number of Topliss-reactive ketones (excluding diaryl/α,β-unsaturated/α-hetero) is 1. The van der Waals surface area contributed by atoms with E-state index in [-0.39, 0.29) is 5.56 Å². The molecule has 1 N–H and O–H groups in total. The number of anilines is 1. The smallest absolute Gasteiger partial charge is 0.299 e. The lowest BCUT2D eigenvalue weighted by Crippen LogP contribution is -2.24. The van der Waals surface area contributed by atoms with E-state index in [1.54, 1.807) is 25.2 Å². The summed E-state index contributed by atoms with van der Waals surface area (Å²) in [7, 11) is 1.56. The molecular formula is C13H9N3O3S. The molecule has 1 aliphatic rings. The van der Waals surface area contributed by atoms with Gasteiger partial charge < -0.3 is 9.88 Å². The van der Waals surface area contributed by atoms with Crippen LogP contribution in [0.15, 0.2) is 45.3 Å². The minimum absolute atomic E-state index is 0.230. The number of carbonyl (C=O) groups is 2. The summed E-state index contributed by atoms with van der Waals surface area (Å²) in [4.78, 5) is 43.2. The average Bonchev–Trinajstić information content (AvgIpc) is 2.64. The minimum Gasteiger partial charge on any atom is -0.308 e. The second-order valence-electron chi connectivity index (χ2n) is 4.21. The molecule has 1 aromatic heterocycles. The zero-order valence-corrected chi connectivity index (χ0v) is 11.2. The molecule has 20 heavy (non-hydrogen) atoms. The molecule has 0 saturated heterocycles. The van der Waals surface area contributed by atoms with Crippen molar-refractivity contribution in [3.8, 4) is 0 Å². The predicted octanol–water partition coefficient (Wildman–Crippen LogP) is 1.08. The molecule has 2 aromatic rings. The van der Waals surface area contributed by atoms with Crippen molar-refractivity contribution in [3.05, 3.63) is 46.4 Å². The number of fused-ring (bicyclic) bond motifs is 1. The Bertz CT molecular complexity index is 784. The number of nitrogens with one attached hydrogen (secondary N) is 1. The van der Waals surface area contributed by atoms with E-state index in [9.17, 15) is 14.4 Å². The van der Waals surface area contributed by atoms with Gasteiger partial charge in [0, 0.05) is 24.2 Å². The monoisotopic (exact) mass is 287 g/mol. The van der Waals surface area contributed by atoms with Crippen molar-refractivity contribution >= 4 is 29.1 Å². The highest BCUT2D eigenvalue weighted by Crippen LogP contribution is 2.33. The van der Waals surface area contributed by atoms with Gasteiger partial charge in [-0.3, -0.25) is 14.4 Å². The maximum absolute atomic E-state index is 11.7. The third-order valence-corrected chi connectivity index (χ3v) is 3.83. The topological polar surface area (TPSA) is 83.1 Å². The molecule has 0 atom stereocenters. The van der Waals surface area contributed by atoms with Gasteiger partial charge in [0.2, 0.25) is 0 Å². The lowest BCUT2D eigenvalue weighted by atomic mass is 10.1. The third-order valence-electron chi connectivity index (χ3n) is 2.94. The lowest BCUT2D eigenvalue weighted by Gasteiger charge is -2.09. The van der Waals surface area contributed by atoms with Crippen molar-refractivity contribution in [3.63, 3.8) is 0 Å². The van der Waals surface area contributed by atoms with Crippen LogP contribution in [0.5, 0.6) is 0 Å². The summed E-state index contributed by atoms with van der Waals surface area (Å²) in [5.41, 5.74) is 0.741. The average molecular weight is 287 g/mol. The zero-order chi connectivity index (χ0) is 14.3. The Kier molecular flexibility index (Phi) is 2.90. The molecule has 2 heterocycles. The van der Waals surface area contributed by atoms with Crippen molar-refractivity contribution < 1.29 is 9.59 Å². The third kappa shape index (κ3) is 2.01. The predicted molar refractivity (Wildman–Crippen MR) is 73.2 cm³/mol. The van der Waals surface area contributed by atoms with Crippen LogP contribution >= 0.6 is 11.8 Å². The van der Waals surface area contributed by atoms with Crippen LogP contribution in [0.2, 0.25) is 0 Å². The Labute approximate surface area is 117 Å². The van der Waals surface area contributed by atoms with Gasteiger partial charge in [-0.2, -0.15) is 0 Å². The molecular weight excluding hydrogens is 278 g/mol. The van der Waals surface area contributed by atoms with Crippen LogP contribution in [0.25, 0.3) is 0 Å². The zero-order valence-electron chi connectivity index (χ0n) is 10.4. The van der Waals surface area contributed by atoms with E-state index in [1.807, 2.05) is 0 Å². The van der Waals surface area contributed by atoms with Crippen molar-refractivity contribution in [1.29, 1.82) is 0 Å². The molecule has 0 aliphatic carbocycles. The number of rotatable bonds is 2. The molecule has 0 spiro atoms. The molecule has 0 radical (unpaired) electrons. The normalized spacial score (nSPS) is 13.8. The first kappa shape index (κ1) is 12.6. The Balaban J connectivity index is 1.96. The van der Waals surface area contributed by atoms with Gasteiger partial charge in [0.1, 0.15) is 0 Å². The fourth-order valence-corrected chi connectivity index (χ4v) is 2.73. The largest absolute Gasteiger partial charge is 0.308 e. The summed E-state index contributed by atoms with van der Waals surface area (Å²) < 4.78 is 0. The van der Waals surface area contributed by atoms with Gasteiger partial charge in [-0.1, -0.05) is 11.8 Å². The van der Waals surface area contributed by atoms with Crippen molar-refractivity contribution in [2.45, 2.75) is 10.1 Å². The number of H-pyrrole nitrogens is 1. The molecule has 3 rings (SSSR count). The van der Waals surface area contributed by atoms with Crippen molar-refractivity contribution in [2.75, 3.05) is 11.9 Å². The van der Waals surface area contributed by atoms with E-state index in [1.165, 1.54) is 28.9 Å². The number of carbonyl (C=O) groups excluding carboxylic acids is 2. The van der Waals surface area contributed by atoms with Crippen molar-refractivity contribution in [2.24, 2.45) is 0 Å². The second-order valence-corrected chi connectivity index (χ2v) is 5.28. The molecule has 1 amide bonds. The summed E-state index contributed by atoms with van der Waals surface area (Å²) >= 11 is 1.26. The molecule has 0 fully saturated rings. The van der Waals surface area contributed by atoms with Gasteiger partial charge in [-0.05, 0) is 18.2 Å². The number of aromatic nitrogens is 2. The Morgan fingerprint density at radius 1 is 1.20 bits per heavy atom. The van der Waals surface area contributed by atoms with Gasteiger partial charge in [-0.15, -0.1) is 0 Å². The molecule has 7 heteroatoms. The number of likely N-dealkylation sites (N-methyl/N-ethyl adjacent to an activating group) is 1. The van der Waals surface area contributed by atoms with Crippen LogP contribution in [0.4, 0.5) is 5.69 Å². The van der Waals surface area contributed by atoms with E-state index in [4.69, 9.17) is 0 Å². The molecule has 0 saturated carbocycles. The standard InChI is InChI=1S/C13H9N3O3S/c1-16-9-6-7(2-3-8(9)11(18)12(16)19)20-13-14-5-4-10(17)15-13/h2-6H,1H3,(H,14,15,17). The van der Waals surface area contributed by atoms with E-state index in [0.717, 1.165) is 4.90 Å². The molecule has 0 unspecified atom stereocenters. The Morgan fingerprint density at radius 3 is 2.75 bits per heavy atom. The number of nitrogens with zero attached hydrogens (tertiary/aromatic N) is 2. The van der Waals surface area contributed by atoms with Crippen LogP contribution in [0, 0.1) is 0 Å². The molecule has 1 aliphatic heterocycles. The SMILES string of the molecule is CN1C(=O)C(=O)c2ccc(Sc3nccc(=O)[nH]3)cc21. The van der Waals surface area contributed by atoms with Gasteiger partial charge in [0.15, 0.2) is 5.16 Å². The van der Waals surface area contributed by atoms with Crippen LogP contribution in [-0.2, 0) is 4.79 Å². The second kappa shape index (κ2) is 4.61. The quantitative estimate of drug-likeness (QED) is 0.660. The van der Waals surface area contributed by atoms with Crippen LogP contribution in [-0.4, -0.2) is 28.7 Å². The summed E-state index contributed by atoms with van der Waals surface area (Å²) in [5, 5.41) is 0.454. The van der Waals surface area contributed by atoms with Gasteiger partial charge in [0.05, 0.1) is 11.3 Å². The van der Waals surface area contributed by atoms with Crippen LogP contribution in [0.1, 0.15) is 10.4 Å². The summed E-state index contributed by atoms with van der Waals surface area (Å²) in [5.74, 6) is -1.03. The number of amides is 1. The first-order valence-electron chi connectivity index (χ1n) is 5.76. The van der Waals surface area contributed by atoms with E-state index in [0.29, 0.717) is 16.4 Å². The number of ketones is 1. The van der Waals surface area contributed by atoms with Crippen LogP contribution < -0.4 is 10.5 Å². The Hall–Kier alpha value is -2.41.